The Kier molecular flexibility index (Phi) is 5.51. The van der Waals surface area contributed by atoms with Crippen LogP contribution in [0.2, 0.25) is 0 Å². The Balaban J connectivity index is 2.16. The van der Waals surface area contributed by atoms with Crippen molar-refractivity contribution in [3.63, 3.8) is 0 Å². The highest BCUT2D eigenvalue weighted by atomic mass is 16.3. The lowest BCUT2D eigenvalue weighted by Crippen LogP contribution is -2.35. The second kappa shape index (κ2) is 7.85. The van der Waals surface area contributed by atoms with Gasteiger partial charge in [0.15, 0.2) is 0 Å². The summed E-state index contributed by atoms with van der Waals surface area (Å²) in [6.45, 7) is 4.39. The molecule has 1 atom stereocenters. The summed E-state index contributed by atoms with van der Waals surface area (Å²) in [5.41, 5.74) is 1.57. The summed E-state index contributed by atoms with van der Waals surface area (Å²) in [5, 5.41) is 11.0. The quantitative estimate of drug-likeness (QED) is 0.476. The number of hydrogen-bond acceptors (Lipinski definition) is 7. The van der Waals surface area contributed by atoms with Crippen LogP contribution in [0.5, 0.6) is 0 Å². The van der Waals surface area contributed by atoms with E-state index in [2.05, 4.69) is 15.0 Å². The molecule has 0 unspecified atom stereocenters. The first-order chi connectivity index (χ1) is 13.3. The maximum absolute atomic E-state index is 12.9. The van der Waals surface area contributed by atoms with Gasteiger partial charge in [-0.1, -0.05) is 6.07 Å². The Bertz CT molecular complexity index is 940. The Morgan fingerprint density at radius 1 is 1.25 bits per heavy atom. The van der Waals surface area contributed by atoms with Crippen molar-refractivity contribution >= 4 is 17.4 Å². The molecule has 3 rings (SSSR count). The zero-order chi connectivity index (χ0) is 20.4. The Hall–Kier alpha value is -3.13. The van der Waals surface area contributed by atoms with Gasteiger partial charge in [-0.25, -0.2) is 9.97 Å². The standard InChI is InChI=1S/C20H23N5O3/c1-12-15(11-22-13(2)23-12)18(26)16-17(14-6-5-7-21-10-14)25(9-8-24(3)4)20(28)19(16)27/h5-7,10-11,17,26H,8-9H2,1-4H3/b18-16+/t17-/m0/s1. The van der Waals surface area contributed by atoms with Crippen LogP contribution in [0.25, 0.3) is 5.76 Å². The van der Waals surface area contributed by atoms with E-state index < -0.39 is 17.7 Å². The summed E-state index contributed by atoms with van der Waals surface area (Å²) in [5.74, 6) is -1.06. The molecule has 0 radical (unpaired) electrons. The number of pyridine rings is 1. The zero-order valence-electron chi connectivity index (χ0n) is 16.4. The van der Waals surface area contributed by atoms with E-state index in [1.165, 1.54) is 11.1 Å². The summed E-state index contributed by atoms with van der Waals surface area (Å²) in [6, 6.07) is 2.81. The van der Waals surface area contributed by atoms with Crippen LogP contribution in [0.3, 0.4) is 0 Å². The number of ketones is 1. The maximum Gasteiger partial charge on any atom is 0.295 e. The predicted molar refractivity (Wildman–Crippen MR) is 103 cm³/mol. The molecule has 0 bridgehead atoms. The normalized spacial score (nSPS) is 18.9. The predicted octanol–water partition coefficient (Wildman–Crippen LogP) is 1.47. The fraction of sp³-hybridized carbons (Fsp3) is 0.350. The molecule has 1 N–H and O–H groups in total. The Morgan fingerprint density at radius 3 is 2.61 bits per heavy atom. The van der Waals surface area contributed by atoms with Gasteiger partial charge in [0.2, 0.25) is 0 Å². The Labute approximate surface area is 163 Å². The lowest BCUT2D eigenvalue weighted by Gasteiger charge is -2.26. The molecule has 8 nitrogen and oxygen atoms in total. The summed E-state index contributed by atoms with van der Waals surface area (Å²) >= 11 is 0. The molecule has 146 valence electrons. The molecule has 0 saturated carbocycles. The van der Waals surface area contributed by atoms with Crippen molar-refractivity contribution < 1.29 is 14.7 Å². The summed E-state index contributed by atoms with van der Waals surface area (Å²) in [6.07, 6.45) is 4.69. The second-order valence-electron chi connectivity index (χ2n) is 7.00. The number of likely N-dealkylation sites (tertiary alicyclic amines) is 1. The van der Waals surface area contributed by atoms with Crippen molar-refractivity contribution in [2.75, 3.05) is 27.2 Å². The highest BCUT2D eigenvalue weighted by Gasteiger charge is 2.46. The van der Waals surface area contributed by atoms with Gasteiger partial charge >= 0.3 is 0 Å². The number of amides is 1. The van der Waals surface area contributed by atoms with Crippen molar-refractivity contribution in [3.8, 4) is 0 Å². The highest BCUT2D eigenvalue weighted by Crippen LogP contribution is 2.39. The minimum absolute atomic E-state index is 0.0345. The van der Waals surface area contributed by atoms with Crippen molar-refractivity contribution in [1.29, 1.82) is 0 Å². The molecule has 8 heteroatoms. The molecular formula is C20H23N5O3. The van der Waals surface area contributed by atoms with Gasteiger partial charge in [0.25, 0.3) is 11.7 Å². The average Bonchev–Trinajstić information content (AvgIpc) is 2.91. The fourth-order valence-electron chi connectivity index (χ4n) is 3.26. The molecule has 28 heavy (non-hydrogen) atoms. The van der Waals surface area contributed by atoms with Gasteiger partial charge in [0.1, 0.15) is 11.6 Å². The van der Waals surface area contributed by atoms with E-state index in [1.807, 2.05) is 19.0 Å². The lowest BCUT2D eigenvalue weighted by atomic mass is 9.96. The molecule has 0 spiro atoms. The summed E-state index contributed by atoms with van der Waals surface area (Å²) in [4.78, 5) is 41.5. The van der Waals surface area contributed by atoms with E-state index in [9.17, 15) is 14.7 Å². The number of aromatic nitrogens is 3. The van der Waals surface area contributed by atoms with Crippen molar-refractivity contribution in [2.24, 2.45) is 0 Å². The number of likely N-dealkylation sites (N-methyl/N-ethyl adjacent to an activating group) is 1. The molecule has 1 saturated heterocycles. The minimum atomic E-state index is -0.718. The largest absolute Gasteiger partial charge is 0.507 e. The molecule has 1 aliphatic heterocycles. The van der Waals surface area contributed by atoms with Gasteiger partial charge in [-0.2, -0.15) is 0 Å². The number of hydrogen-bond donors (Lipinski definition) is 1. The number of carbonyl (C=O) groups is 2. The molecule has 1 amide bonds. The van der Waals surface area contributed by atoms with E-state index in [4.69, 9.17) is 0 Å². The number of aliphatic hydroxyl groups is 1. The van der Waals surface area contributed by atoms with Crippen LogP contribution in [0.1, 0.15) is 28.7 Å². The van der Waals surface area contributed by atoms with Crippen molar-refractivity contribution in [2.45, 2.75) is 19.9 Å². The first-order valence-corrected chi connectivity index (χ1v) is 8.95. The zero-order valence-corrected chi connectivity index (χ0v) is 16.4. The van der Waals surface area contributed by atoms with E-state index in [0.717, 1.165) is 0 Å². The average molecular weight is 381 g/mol. The molecule has 1 fully saturated rings. The smallest absolute Gasteiger partial charge is 0.295 e. The van der Waals surface area contributed by atoms with E-state index in [0.29, 0.717) is 35.7 Å². The monoisotopic (exact) mass is 381 g/mol. The number of aryl methyl sites for hydroxylation is 2. The van der Waals surface area contributed by atoms with Gasteiger partial charge in [-0.3, -0.25) is 14.6 Å². The molecule has 2 aromatic rings. The van der Waals surface area contributed by atoms with Crippen molar-refractivity contribution in [3.05, 3.63) is 58.9 Å². The number of Topliss-reactive ketones (excluding diaryl/α,β-unsaturated/α-hetero) is 1. The first kappa shape index (κ1) is 19.6. The van der Waals surface area contributed by atoms with Crippen molar-refractivity contribution in [1.82, 2.24) is 24.8 Å². The topological polar surface area (TPSA) is 99.5 Å². The maximum atomic E-state index is 12.9. The van der Waals surface area contributed by atoms with Crippen LogP contribution in [0.15, 0.2) is 36.3 Å². The third-order valence-electron chi connectivity index (χ3n) is 4.68. The lowest BCUT2D eigenvalue weighted by molar-refractivity contribution is -0.140. The highest BCUT2D eigenvalue weighted by molar-refractivity contribution is 6.46. The molecule has 0 aromatic carbocycles. The second-order valence-corrected chi connectivity index (χ2v) is 7.00. The third kappa shape index (κ3) is 3.63. The summed E-state index contributed by atoms with van der Waals surface area (Å²) < 4.78 is 0. The van der Waals surface area contributed by atoms with Crippen LogP contribution in [0.4, 0.5) is 0 Å². The van der Waals surface area contributed by atoms with Gasteiger partial charge in [-0.15, -0.1) is 0 Å². The summed E-state index contributed by atoms with van der Waals surface area (Å²) in [7, 11) is 3.78. The SMILES string of the molecule is Cc1ncc(/C(O)=C2\C(=O)C(=O)N(CCN(C)C)[C@H]2c2cccnc2)c(C)n1. The van der Waals surface area contributed by atoms with E-state index in [-0.39, 0.29) is 11.3 Å². The molecule has 3 heterocycles. The molecular weight excluding hydrogens is 358 g/mol. The molecule has 2 aromatic heterocycles. The number of nitrogens with zero attached hydrogens (tertiary/aromatic N) is 5. The van der Waals surface area contributed by atoms with Crippen LogP contribution in [-0.4, -0.2) is 68.7 Å². The first-order valence-electron chi connectivity index (χ1n) is 8.95. The number of carbonyl (C=O) groups excluding carboxylic acids is 2. The van der Waals surface area contributed by atoms with Crippen LogP contribution in [-0.2, 0) is 9.59 Å². The fourth-order valence-corrected chi connectivity index (χ4v) is 3.26. The molecule has 0 aliphatic carbocycles. The number of aliphatic hydroxyl groups excluding tert-OH is 1. The van der Waals surface area contributed by atoms with Gasteiger partial charge in [0, 0.05) is 31.7 Å². The van der Waals surface area contributed by atoms with Crippen LogP contribution in [0, 0.1) is 13.8 Å². The Morgan fingerprint density at radius 2 is 2.00 bits per heavy atom. The van der Waals surface area contributed by atoms with Crippen LogP contribution >= 0.6 is 0 Å². The van der Waals surface area contributed by atoms with Gasteiger partial charge in [0.05, 0.1) is 22.9 Å². The van der Waals surface area contributed by atoms with E-state index in [1.54, 1.807) is 38.4 Å². The third-order valence-corrected chi connectivity index (χ3v) is 4.68. The van der Waals surface area contributed by atoms with Crippen LogP contribution < -0.4 is 0 Å². The van der Waals surface area contributed by atoms with E-state index >= 15 is 0 Å². The molecule has 1 aliphatic rings. The van der Waals surface area contributed by atoms with Gasteiger partial charge in [-0.05, 0) is 39.6 Å². The minimum Gasteiger partial charge on any atom is -0.507 e. The van der Waals surface area contributed by atoms with Gasteiger partial charge < -0.3 is 14.9 Å². The number of rotatable bonds is 5.